The summed E-state index contributed by atoms with van der Waals surface area (Å²) in [6.45, 7) is 1.87. The normalized spacial score (nSPS) is 10.8. The summed E-state index contributed by atoms with van der Waals surface area (Å²) < 4.78 is 23.4. The summed E-state index contributed by atoms with van der Waals surface area (Å²) in [5.41, 5.74) is 2.05. The van der Waals surface area contributed by atoms with Gasteiger partial charge in [0.05, 0.1) is 4.90 Å². The van der Waals surface area contributed by atoms with E-state index in [1.165, 1.54) is 30.6 Å². The molecule has 2 aromatic carbocycles. The third kappa shape index (κ3) is 4.40. The van der Waals surface area contributed by atoms with Crippen LogP contribution in [0.25, 0.3) is 0 Å². The Bertz CT molecular complexity index is 814. The van der Waals surface area contributed by atoms with Crippen LogP contribution < -0.4 is 10.6 Å². The van der Waals surface area contributed by atoms with Crippen molar-refractivity contribution in [1.82, 2.24) is 0 Å². The van der Waals surface area contributed by atoms with Crippen LogP contribution in [0.2, 0.25) is 0 Å². The summed E-state index contributed by atoms with van der Waals surface area (Å²) in [6, 6.07) is 12.5. The average molecular weight is 331 g/mol. The molecule has 0 fully saturated rings. The fourth-order valence-electron chi connectivity index (χ4n) is 1.90. The quantitative estimate of drug-likeness (QED) is 0.880. The smallest absolute Gasteiger partial charge is 0.308 e. The van der Waals surface area contributed by atoms with E-state index in [2.05, 4.69) is 10.6 Å². The molecule has 0 unspecified atom stereocenters. The molecular formula is C16H15N2O4S. The number of para-hydroxylation sites is 1. The molecule has 23 heavy (non-hydrogen) atoms. The van der Waals surface area contributed by atoms with Gasteiger partial charge >= 0.3 is 6.03 Å². The lowest BCUT2D eigenvalue weighted by atomic mass is 10.2. The SMILES string of the molecule is Cc1ccccc1NC(=O)Nc1ccc(S(=O)(=O)C[C]=O)cc1. The highest BCUT2D eigenvalue weighted by Crippen LogP contribution is 2.17. The second-order valence-electron chi connectivity index (χ2n) is 4.82. The Kier molecular flexibility index (Phi) is 5.13. The molecule has 2 aromatic rings. The van der Waals surface area contributed by atoms with Gasteiger partial charge in [0.25, 0.3) is 0 Å². The maximum atomic E-state index is 11.9. The Hall–Kier alpha value is -2.67. The van der Waals surface area contributed by atoms with Crippen molar-refractivity contribution in [2.75, 3.05) is 16.4 Å². The molecule has 0 saturated heterocycles. The lowest BCUT2D eigenvalue weighted by Crippen LogP contribution is -2.20. The number of rotatable bonds is 5. The van der Waals surface area contributed by atoms with Gasteiger partial charge in [0.1, 0.15) is 5.75 Å². The number of hydrogen-bond donors (Lipinski definition) is 2. The number of urea groups is 1. The minimum Gasteiger partial charge on any atom is -0.308 e. The number of nitrogens with one attached hydrogen (secondary N) is 2. The van der Waals surface area contributed by atoms with Crippen LogP contribution in [-0.2, 0) is 14.6 Å². The second kappa shape index (κ2) is 7.06. The van der Waals surface area contributed by atoms with E-state index in [1.807, 2.05) is 25.1 Å². The van der Waals surface area contributed by atoms with Crippen LogP contribution in [0.3, 0.4) is 0 Å². The highest BCUT2D eigenvalue weighted by Gasteiger charge is 2.14. The number of anilines is 2. The van der Waals surface area contributed by atoms with Gasteiger partial charge < -0.3 is 10.6 Å². The summed E-state index contributed by atoms with van der Waals surface area (Å²) in [7, 11) is -3.66. The average Bonchev–Trinajstić information content (AvgIpc) is 2.50. The zero-order valence-electron chi connectivity index (χ0n) is 12.4. The van der Waals surface area contributed by atoms with Crippen molar-refractivity contribution >= 4 is 33.5 Å². The van der Waals surface area contributed by atoms with Crippen LogP contribution in [-0.4, -0.2) is 26.5 Å². The molecule has 6 nitrogen and oxygen atoms in total. The van der Waals surface area contributed by atoms with Crippen molar-refractivity contribution in [2.45, 2.75) is 11.8 Å². The van der Waals surface area contributed by atoms with E-state index in [1.54, 1.807) is 6.07 Å². The Morgan fingerprint density at radius 2 is 1.70 bits per heavy atom. The molecule has 1 radical (unpaired) electrons. The van der Waals surface area contributed by atoms with E-state index in [-0.39, 0.29) is 4.90 Å². The van der Waals surface area contributed by atoms with Gasteiger partial charge in [-0.2, -0.15) is 0 Å². The van der Waals surface area contributed by atoms with Crippen LogP contribution in [0.4, 0.5) is 16.2 Å². The summed E-state index contributed by atoms with van der Waals surface area (Å²) in [4.78, 5) is 22.2. The fraction of sp³-hybridized carbons (Fsp3) is 0.125. The predicted octanol–water partition coefficient (Wildman–Crippen LogP) is 2.52. The molecule has 0 atom stereocenters. The summed E-state index contributed by atoms with van der Waals surface area (Å²) in [5.74, 6) is -0.687. The number of amides is 2. The van der Waals surface area contributed by atoms with E-state index < -0.39 is 21.6 Å². The Balaban J connectivity index is 2.05. The summed E-state index contributed by atoms with van der Waals surface area (Å²) in [6.07, 6.45) is 1.37. The highest BCUT2D eigenvalue weighted by atomic mass is 32.2. The largest absolute Gasteiger partial charge is 0.323 e. The number of carbonyl (C=O) groups is 1. The molecule has 0 bridgehead atoms. The number of carbonyl (C=O) groups excluding carboxylic acids is 2. The molecule has 0 spiro atoms. The Morgan fingerprint density at radius 3 is 2.30 bits per heavy atom. The number of sulfone groups is 1. The molecule has 0 heterocycles. The third-order valence-electron chi connectivity index (χ3n) is 3.11. The molecule has 2 amide bonds. The van der Waals surface area contributed by atoms with E-state index in [0.717, 1.165) is 5.56 Å². The summed E-state index contributed by atoms with van der Waals surface area (Å²) >= 11 is 0. The van der Waals surface area contributed by atoms with Gasteiger partial charge in [0.15, 0.2) is 9.84 Å². The molecule has 0 aliphatic rings. The number of benzene rings is 2. The second-order valence-corrected chi connectivity index (χ2v) is 6.81. The maximum absolute atomic E-state index is 11.9. The van der Waals surface area contributed by atoms with Crippen molar-refractivity contribution in [3.63, 3.8) is 0 Å². The topological polar surface area (TPSA) is 92.3 Å². The van der Waals surface area contributed by atoms with Crippen LogP contribution in [0.15, 0.2) is 53.4 Å². The van der Waals surface area contributed by atoms with Crippen LogP contribution in [0, 0.1) is 6.92 Å². The molecular weight excluding hydrogens is 316 g/mol. The molecule has 0 saturated carbocycles. The number of aryl methyl sites for hydroxylation is 1. The van der Waals surface area contributed by atoms with Gasteiger partial charge in [-0.1, -0.05) is 18.2 Å². The predicted molar refractivity (Wildman–Crippen MR) is 88.0 cm³/mol. The van der Waals surface area contributed by atoms with Gasteiger partial charge in [-0.25, -0.2) is 13.2 Å². The molecule has 0 aliphatic carbocycles. The lowest BCUT2D eigenvalue weighted by Gasteiger charge is -2.10. The van der Waals surface area contributed by atoms with E-state index in [9.17, 15) is 18.0 Å². The minimum absolute atomic E-state index is 0.00529. The van der Waals surface area contributed by atoms with Gasteiger partial charge in [0.2, 0.25) is 6.29 Å². The number of hydrogen-bond acceptors (Lipinski definition) is 4. The zero-order valence-corrected chi connectivity index (χ0v) is 13.2. The molecule has 0 aromatic heterocycles. The Labute approximate surface area is 134 Å². The van der Waals surface area contributed by atoms with E-state index >= 15 is 0 Å². The van der Waals surface area contributed by atoms with Gasteiger partial charge in [-0.3, -0.25) is 4.79 Å². The van der Waals surface area contributed by atoms with Crippen molar-refractivity contribution in [3.05, 3.63) is 54.1 Å². The first-order chi connectivity index (χ1) is 10.9. The Morgan fingerprint density at radius 1 is 1.04 bits per heavy atom. The monoisotopic (exact) mass is 331 g/mol. The molecule has 7 heteroatoms. The zero-order chi connectivity index (χ0) is 16.9. The standard InChI is InChI=1S/C16H15N2O4S/c1-12-4-2-3-5-15(12)18-16(20)17-13-6-8-14(9-7-13)23(21,22)11-10-19/h2-9H,11H2,1H3,(H2,17,18,20). The van der Waals surface area contributed by atoms with Crippen LogP contribution >= 0.6 is 0 Å². The highest BCUT2D eigenvalue weighted by molar-refractivity contribution is 7.92. The van der Waals surface area contributed by atoms with Gasteiger partial charge in [-0.15, -0.1) is 0 Å². The van der Waals surface area contributed by atoms with Crippen LogP contribution in [0.5, 0.6) is 0 Å². The van der Waals surface area contributed by atoms with E-state index in [4.69, 9.17) is 0 Å². The fourth-order valence-corrected chi connectivity index (χ4v) is 2.78. The van der Waals surface area contributed by atoms with Gasteiger partial charge in [0, 0.05) is 11.4 Å². The van der Waals surface area contributed by atoms with Crippen molar-refractivity contribution in [2.24, 2.45) is 0 Å². The first-order valence-corrected chi connectivity index (χ1v) is 8.39. The molecule has 2 rings (SSSR count). The summed E-state index contributed by atoms with van der Waals surface area (Å²) in [5, 5.41) is 5.31. The van der Waals surface area contributed by atoms with Crippen LogP contribution in [0.1, 0.15) is 5.56 Å². The first kappa shape index (κ1) is 16.7. The lowest BCUT2D eigenvalue weighted by molar-refractivity contribution is 0.262. The minimum atomic E-state index is -3.66. The molecule has 119 valence electrons. The first-order valence-electron chi connectivity index (χ1n) is 6.74. The third-order valence-corrected chi connectivity index (χ3v) is 4.60. The van der Waals surface area contributed by atoms with Crippen molar-refractivity contribution in [1.29, 1.82) is 0 Å². The molecule has 2 N–H and O–H groups in total. The van der Waals surface area contributed by atoms with Gasteiger partial charge in [-0.05, 0) is 42.8 Å². The molecule has 0 aliphatic heterocycles. The maximum Gasteiger partial charge on any atom is 0.323 e. The van der Waals surface area contributed by atoms with E-state index in [0.29, 0.717) is 11.4 Å². The van der Waals surface area contributed by atoms with Crippen molar-refractivity contribution in [3.8, 4) is 0 Å². The van der Waals surface area contributed by atoms with Crippen molar-refractivity contribution < 1.29 is 18.0 Å².